The Morgan fingerprint density at radius 1 is 1.22 bits per heavy atom. The SMILES string of the molecule is CCNc1nc(NCCS(C)(=O)=O)c(F)cc1F. The minimum atomic E-state index is -3.14. The molecule has 0 saturated heterocycles. The second-order valence-electron chi connectivity index (χ2n) is 3.74. The number of nitrogens with one attached hydrogen (secondary N) is 2. The minimum absolute atomic E-state index is 0.0138. The van der Waals surface area contributed by atoms with Crippen LogP contribution in [0.1, 0.15) is 6.92 Å². The fraction of sp³-hybridized carbons (Fsp3) is 0.500. The smallest absolute Gasteiger partial charge is 0.168 e. The second kappa shape index (κ2) is 5.94. The molecule has 0 saturated carbocycles. The Kier molecular flexibility index (Phi) is 4.83. The fourth-order valence-electron chi connectivity index (χ4n) is 1.24. The highest BCUT2D eigenvalue weighted by atomic mass is 32.2. The van der Waals surface area contributed by atoms with Gasteiger partial charge in [0.1, 0.15) is 9.84 Å². The summed E-state index contributed by atoms with van der Waals surface area (Å²) in [5.41, 5.74) is 0. The number of hydrogen-bond donors (Lipinski definition) is 2. The summed E-state index contributed by atoms with van der Waals surface area (Å²) in [6, 6.07) is 0.702. The van der Waals surface area contributed by atoms with Gasteiger partial charge in [0.15, 0.2) is 23.3 Å². The number of nitrogens with zero attached hydrogens (tertiary/aromatic N) is 1. The zero-order valence-electron chi connectivity index (χ0n) is 10.1. The van der Waals surface area contributed by atoms with Crippen molar-refractivity contribution in [1.29, 1.82) is 0 Å². The van der Waals surface area contributed by atoms with Crippen molar-refractivity contribution < 1.29 is 17.2 Å². The maximum atomic E-state index is 13.3. The van der Waals surface area contributed by atoms with Gasteiger partial charge in [0.25, 0.3) is 0 Å². The summed E-state index contributed by atoms with van der Waals surface area (Å²) < 4.78 is 48.4. The predicted octanol–water partition coefficient (Wildman–Crippen LogP) is 1.25. The Hall–Kier alpha value is -1.44. The van der Waals surface area contributed by atoms with Crippen LogP contribution < -0.4 is 10.6 Å². The van der Waals surface area contributed by atoms with Crippen molar-refractivity contribution in [2.45, 2.75) is 6.92 Å². The molecule has 0 atom stereocenters. The topological polar surface area (TPSA) is 71.1 Å². The van der Waals surface area contributed by atoms with E-state index in [0.29, 0.717) is 12.6 Å². The van der Waals surface area contributed by atoms with Crippen LogP contribution in [0.4, 0.5) is 20.4 Å². The third-order valence-corrected chi connectivity index (χ3v) is 2.98. The highest BCUT2D eigenvalue weighted by Crippen LogP contribution is 2.18. The van der Waals surface area contributed by atoms with Crippen LogP contribution in [0.25, 0.3) is 0 Å². The lowest BCUT2D eigenvalue weighted by atomic mass is 10.4. The van der Waals surface area contributed by atoms with Gasteiger partial charge in [-0.05, 0) is 6.92 Å². The van der Waals surface area contributed by atoms with Crippen LogP contribution >= 0.6 is 0 Å². The summed E-state index contributed by atoms with van der Waals surface area (Å²) in [5, 5.41) is 5.16. The van der Waals surface area contributed by atoms with Gasteiger partial charge in [-0.3, -0.25) is 0 Å². The first-order chi connectivity index (χ1) is 8.33. The molecule has 0 spiro atoms. The van der Waals surface area contributed by atoms with E-state index in [0.717, 1.165) is 6.26 Å². The normalized spacial score (nSPS) is 11.3. The number of pyridine rings is 1. The van der Waals surface area contributed by atoms with Gasteiger partial charge in [-0.15, -0.1) is 0 Å². The molecule has 8 heteroatoms. The number of hydrogen-bond acceptors (Lipinski definition) is 5. The summed E-state index contributed by atoms with van der Waals surface area (Å²) in [7, 11) is -3.14. The van der Waals surface area contributed by atoms with Crippen molar-refractivity contribution in [2.75, 3.05) is 35.7 Å². The molecule has 5 nitrogen and oxygen atoms in total. The number of rotatable bonds is 6. The van der Waals surface area contributed by atoms with Gasteiger partial charge in [-0.25, -0.2) is 22.2 Å². The van der Waals surface area contributed by atoms with E-state index in [9.17, 15) is 17.2 Å². The van der Waals surface area contributed by atoms with E-state index < -0.39 is 21.5 Å². The number of aromatic nitrogens is 1. The predicted molar refractivity (Wildman–Crippen MR) is 66.5 cm³/mol. The molecule has 0 fully saturated rings. The van der Waals surface area contributed by atoms with Crippen LogP contribution in [-0.4, -0.2) is 38.5 Å². The summed E-state index contributed by atoms with van der Waals surface area (Å²) >= 11 is 0. The van der Waals surface area contributed by atoms with Crippen molar-refractivity contribution in [3.05, 3.63) is 17.7 Å². The maximum absolute atomic E-state index is 13.3. The number of anilines is 2. The number of halogens is 2. The summed E-state index contributed by atoms with van der Waals surface area (Å²) in [6.45, 7) is 2.21. The van der Waals surface area contributed by atoms with E-state index in [1.807, 2.05) is 0 Å². The Balaban J connectivity index is 2.79. The molecule has 0 aliphatic heterocycles. The first-order valence-electron chi connectivity index (χ1n) is 5.35. The summed E-state index contributed by atoms with van der Waals surface area (Å²) in [6.07, 6.45) is 1.08. The summed E-state index contributed by atoms with van der Waals surface area (Å²) in [5.74, 6) is -2.04. The molecule has 2 N–H and O–H groups in total. The van der Waals surface area contributed by atoms with Gasteiger partial charge < -0.3 is 10.6 Å². The molecule has 0 aliphatic rings. The number of sulfone groups is 1. The third-order valence-electron chi connectivity index (χ3n) is 2.04. The molecule has 0 amide bonds. The van der Waals surface area contributed by atoms with E-state index in [4.69, 9.17) is 0 Å². The lowest BCUT2D eigenvalue weighted by Gasteiger charge is -2.09. The zero-order valence-corrected chi connectivity index (χ0v) is 10.9. The monoisotopic (exact) mass is 279 g/mol. The third kappa shape index (κ3) is 4.44. The minimum Gasteiger partial charge on any atom is -0.368 e. The van der Waals surface area contributed by atoms with Crippen LogP contribution in [0, 0.1) is 11.6 Å². The Bertz CT molecular complexity index is 520. The van der Waals surface area contributed by atoms with Gasteiger partial charge in [-0.1, -0.05) is 0 Å². The standard InChI is InChI=1S/C10H15F2N3O2S/c1-3-13-9-7(11)6-8(12)10(15-9)14-4-5-18(2,16)17/h6H,3-5H2,1-2H3,(H2,13,14,15). The van der Waals surface area contributed by atoms with Crippen LogP contribution in [0.15, 0.2) is 6.07 Å². The molecule has 0 aromatic carbocycles. The van der Waals surface area contributed by atoms with E-state index >= 15 is 0 Å². The van der Waals surface area contributed by atoms with Crippen molar-refractivity contribution in [3.8, 4) is 0 Å². The molecule has 1 rings (SSSR count). The summed E-state index contributed by atoms with van der Waals surface area (Å²) in [4.78, 5) is 3.71. The molecule has 18 heavy (non-hydrogen) atoms. The van der Waals surface area contributed by atoms with Crippen molar-refractivity contribution in [1.82, 2.24) is 4.98 Å². The van der Waals surface area contributed by atoms with E-state index in [-0.39, 0.29) is 23.9 Å². The van der Waals surface area contributed by atoms with E-state index in [2.05, 4.69) is 15.6 Å². The largest absolute Gasteiger partial charge is 0.368 e. The van der Waals surface area contributed by atoms with E-state index in [1.54, 1.807) is 6.92 Å². The average molecular weight is 279 g/mol. The van der Waals surface area contributed by atoms with Crippen molar-refractivity contribution >= 4 is 21.5 Å². The lowest BCUT2D eigenvalue weighted by molar-refractivity contribution is 0.578. The van der Waals surface area contributed by atoms with E-state index in [1.165, 1.54) is 0 Å². The van der Waals surface area contributed by atoms with Crippen LogP contribution in [0.3, 0.4) is 0 Å². The lowest BCUT2D eigenvalue weighted by Crippen LogP contribution is -2.16. The van der Waals surface area contributed by atoms with Gasteiger partial charge in [0.2, 0.25) is 0 Å². The highest BCUT2D eigenvalue weighted by molar-refractivity contribution is 7.90. The van der Waals surface area contributed by atoms with Crippen molar-refractivity contribution in [2.24, 2.45) is 0 Å². The molecule has 102 valence electrons. The van der Waals surface area contributed by atoms with Crippen LogP contribution in [-0.2, 0) is 9.84 Å². The van der Waals surface area contributed by atoms with Crippen LogP contribution in [0.5, 0.6) is 0 Å². The van der Waals surface area contributed by atoms with Gasteiger partial charge in [0, 0.05) is 25.4 Å². The first kappa shape index (κ1) is 14.6. The Labute approximate surface area is 105 Å². The van der Waals surface area contributed by atoms with Crippen molar-refractivity contribution in [3.63, 3.8) is 0 Å². The highest BCUT2D eigenvalue weighted by Gasteiger charge is 2.11. The van der Waals surface area contributed by atoms with Gasteiger partial charge in [0.05, 0.1) is 5.75 Å². The quantitative estimate of drug-likeness (QED) is 0.820. The second-order valence-corrected chi connectivity index (χ2v) is 6.00. The molecule has 0 radical (unpaired) electrons. The maximum Gasteiger partial charge on any atom is 0.168 e. The van der Waals surface area contributed by atoms with Gasteiger partial charge in [-0.2, -0.15) is 0 Å². The first-order valence-corrected chi connectivity index (χ1v) is 7.41. The van der Waals surface area contributed by atoms with Gasteiger partial charge >= 0.3 is 0 Å². The Morgan fingerprint density at radius 2 is 1.78 bits per heavy atom. The molecular weight excluding hydrogens is 264 g/mol. The molecule has 0 aliphatic carbocycles. The van der Waals surface area contributed by atoms with Crippen LogP contribution in [0.2, 0.25) is 0 Å². The average Bonchev–Trinajstić information content (AvgIpc) is 2.23. The molecule has 1 aromatic rings. The molecule has 0 bridgehead atoms. The fourth-order valence-corrected chi connectivity index (χ4v) is 1.71. The zero-order chi connectivity index (χ0) is 13.8. The molecular formula is C10H15F2N3O2S. The molecule has 0 unspecified atom stereocenters. The molecule has 1 aromatic heterocycles. The molecule has 1 heterocycles. The Morgan fingerprint density at radius 3 is 2.28 bits per heavy atom.